The van der Waals surface area contributed by atoms with Crippen LogP contribution in [0.4, 0.5) is 0 Å². The summed E-state index contributed by atoms with van der Waals surface area (Å²) >= 11 is 1.81. The number of nitrogens with zero attached hydrogens (tertiary/aromatic N) is 1. The highest BCUT2D eigenvalue weighted by molar-refractivity contribution is 7.99. The lowest BCUT2D eigenvalue weighted by Crippen LogP contribution is -2.59. The molecular formula is C23H27N3O3S. The second-order valence-electron chi connectivity index (χ2n) is 7.76. The van der Waals surface area contributed by atoms with Gasteiger partial charge in [-0.25, -0.2) is 0 Å². The molecule has 3 saturated heterocycles. The van der Waals surface area contributed by atoms with Gasteiger partial charge in [0.1, 0.15) is 5.75 Å². The number of benzene rings is 2. The maximum absolute atomic E-state index is 13.0. The number of rotatable bonds is 6. The molecule has 0 aromatic heterocycles. The number of nitrogens with one attached hydrogen (secondary N) is 2. The quantitative estimate of drug-likeness (QED) is 0.696. The second kappa shape index (κ2) is 9.53. The maximum Gasteiger partial charge on any atom is 0.269 e. The van der Waals surface area contributed by atoms with Crippen LogP contribution in [0.15, 0.2) is 54.6 Å². The van der Waals surface area contributed by atoms with Gasteiger partial charge in [-0.15, -0.1) is 11.8 Å². The first-order valence-corrected chi connectivity index (χ1v) is 11.3. The average molecular weight is 426 g/mol. The molecule has 3 aliphatic rings. The summed E-state index contributed by atoms with van der Waals surface area (Å²) in [6.07, 6.45) is 2.06. The van der Waals surface area contributed by atoms with E-state index in [-0.39, 0.29) is 23.1 Å². The van der Waals surface area contributed by atoms with Crippen LogP contribution in [-0.4, -0.2) is 42.3 Å². The Morgan fingerprint density at radius 1 is 1.03 bits per heavy atom. The number of thioether (sulfide) groups is 1. The number of carbonyl (C=O) groups excluding carboxylic acids is 2. The van der Waals surface area contributed by atoms with Crippen molar-refractivity contribution in [3.63, 3.8) is 0 Å². The minimum atomic E-state index is -0.298. The minimum Gasteiger partial charge on any atom is -0.497 e. The predicted molar refractivity (Wildman–Crippen MR) is 118 cm³/mol. The van der Waals surface area contributed by atoms with Crippen molar-refractivity contribution < 1.29 is 14.3 Å². The third kappa shape index (κ3) is 4.63. The molecule has 0 radical (unpaired) electrons. The summed E-state index contributed by atoms with van der Waals surface area (Å²) in [7, 11) is 1.66. The molecule has 0 saturated carbocycles. The Labute approximate surface area is 181 Å². The highest BCUT2D eigenvalue weighted by Crippen LogP contribution is 2.42. The van der Waals surface area contributed by atoms with Gasteiger partial charge in [0, 0.05) is 11.3 Å². The largest absolute Gasteiger partial charge is 0.497 e. The van der Waals surface area contributed by atoms with Crippen LogP contribution in [0.5, 0.6) is 5.75 Å². The van der Waals surface area contributed by atoms with E-state index in [0.29, 0.717) is 11.5 Å². The van der Waals surface area contributed by atoms with Crippen molar-refractivity contribution in [2.75, 3.05) is 20.2 Å². The topological polar surface area (TPSA) is 70.7 Å². The number of methoxy groups -OCH3 is 1. The monoisotopic (exact) mass is 425 g/mol. The van der Waals surface area contributed by atoms with Gasteiger partial charge in [-0.1, -0.05) is 30.3 Å². The summed E-state index contributed by atoms with van der Waals surface area (Å²) in [6, 6.07) is 17.0. The van der Waals surface area contributed by atoms with E-state index in [1.807, 2.05) is 18.2 Å². The molecule has 30 heavy (non-hydrogen) atoms. The Hall–Kier alpha value is -2.51. The fourth-order valence-electron chi connectivity index (χ4n) is 4.31. The number of fused-ring (bicyclic) bond motifs is 3. The normalized spacial score (nSPS) is 24.8. The molecule has 0 spiro atoms. The molecule has 158 valence electrons. The summed E-state index contributed by atoms with van der Waals surface area (Å²) in [5.74, 6) is 1.51. The molecule has 5 rings (SSSR count). The van der Waals surface area contributed by atoms with Crippen molar-refractivity contribution in [1.29, 1.82) is 0 Å². The van der Waals surface area contributed by atoms with Gasteiger partial charge < -0.3 is 4.74 Å². The molecule has 2 atom stereocenters. The van der Waals surface area contributed by atoms with Gasteiger partial charge in [-0.3, -0.25) is 25.3 Å². The van der Waals surface area contributed by atoms with Crippen LogP contribution in [-0.2, 0) is 10.5 Å². The van der Waals surface area contributed by atoms with Gasteiger partial charge in [-0.2, -0.15) is 0 Å². The highest BCUT2D eigenvalue weighted by atomic mass is 32.2. The summed E-state index contributed by atoms with van der Waals surface area (Å²) < 4.78 is 5.23. The first-order chi connectivity index (χ1) is 14.7. The van der Waals surface area contributed by atoms with E-state index in [4.69, 9.17) is 4.74 Å². The second-order valence-corrected chi connectivity index (χ2v) is 8.86. The van der Waals surface area contributed by atoms with Crippen LogP contribution >= 0.6 is 11.8 Å². The van der Waals surface area contributed by atoms with Gasteiger partial charge in [0.25, 0.3) is 5.91 Å². The van der Waals surface area contributed by atoms with Crippen molar-refractivity contribution in [2.24, 2.45) is 11.8 Å². The molecule has 0 aliphatic carbocycles. The van der Waals surface area contributed by atoms with Crippen molar-refractivity contribution in [2.45, 2.75) is 24.0 Å². The van der Waals surface area contributed by atoms with Gasteiger partial charge >= 0.3 is 0 Å². The van der Waals surface area contributed by atoms with Crippen molar-refractivity contribution in [1.82, 2.24) is 15.8 Å². The number of hydrogen-bond donors (Lipinski definition) is 2. The van der Waals surface area contributed by atoms with Crippen molar-refractivity contribution in [3.05, 3.63) is 65.7 Å². The number of amides is 2. The van der Waals surface area contributed by atoms with Gasteiger partial charge in [0.2, 0.25) is 5.91 Å². The molecule has 2 N–H and O–H groups in total. The third-order valence-corrected chi connectivity index (χ3v) is 7.40. The molecule has 2 amide bonds. The summed E-state index contributed by atoms with van der Waals surface area (Å²) in [4.78, 5) is 27.7. The summed E-state index contributed by atoms with van der Waals surface area (Å²) in [5.41, 5.74) is 7.00. The Bertz CT molecular complexity index is 867. The van der Waals surface area contributed by atoms with Crippen LogP contribution in [0.1, 0.15) is 28.8 Å². The van der Waals surface area contributed by atoms with E-state index in [2.05, 4.69) is 27.9 Å². The number of hydrazine groups is 1. The van der Waals surface area contributed by atoms with Gasteiger partial charge in [0.05, 0.1) is 18.4 Å². The molecule has 3 aliphatic heterocycles. The zero-order chi connectivity index (χ0) is 20.9. The lowest BCUT2D eigenvalue weighted by Gasteiger charge is -2.49. The first kappa shape index (κ1) is 20.8. The number of ether oxygens (including phenoxy) is 1. The Balaban J connectivity index is 1.39. The van der Waals surface area contributed by atoms with Crippen LogP contribution < -0.4 is 15.6 Å². The lowest BCUT2D eigenvalue weighted by atomic mass is 9.78. The van der Waals surface area contributed by atoms with E-state index in [1.54, 1.807) is 43.1 Å². The van der Waals surface area contributed by atoms with E-state index in [1.165, 1.54) is 5.56 Å². The SMILES string of the molecule is COc1ccc(CSC2C(C(=O)NNC(=O)c3ccccc3)C3CCN2CC3)cc1. The smallest absolute Gasteiger partial charge is 0.269 e. The standard InChI is InChI=1S/C23H27N3O3S/c1-29-19-9-7-16(8-10-19)15-30-23-20(17-11-13-26(23)14-12-17)22(28)25-24-21(27)18-5-3-2-4-6-18/h2-10,17,20,23H,11-15H2,1H3,(H,24,27)(H,25,28). The number of hydrogen-bond acceptors (Lipinski definition) is 5. The van der Waals surface area contributed by atoms with Crippen LogP contribution in [0, 0.1) is 11.8 Å². The predicted octanol–water partition coefficient (Wildman–Crippen LogP) is 3.06. The third-order valence-electron chi connectivity index (χ3n) is 5.97. The Morgan fingerprint density at radius 3 is 2.40 bits per heavy atom. The molecule has 2 unspecified atom stereocenters. The van der Waals surface area contributed by atoms with Gasteiger partial charge in [-0.05, 0) is 61.7 Å². The molecular weight excluding hydrogens is 398 g/mol. The molecule has 6 nitrogen and oxygen atoms in total. The van der Waals surface area contributed by atoms with E-state index >= 15 is 0 Å². The summed E-state index contributed by atoms with van der Waals surface area (Å²) in [6.45, 7) is 2.07. The molecule has 2 aromatic rings. The molecule has 3 fully saturated rings. The van der Waals surface area contributed by atoms with Gasteiger partial charge in [0.15, 0.2) is 0 Å². The van der Waals surface area contributed by atoms with Crippen LogP contribution in [0.3, 0.4) is 0 Å². The van der Waals surface area contributed by atoms with E-state index in [9.17, 15) is 9.59 Å². The fraction of sp³-hybridized carbons (Fsp3) is 0.391. The fourth-order valence-corrected chi connectivity index (χ4v) is 5.84. The average Bonchev–Trinajstić information content (AvgIpc) is 2.82. The van der Waals surface area contributed by atoms with E-state index < -0.39 is 0 Å². The van der Waals surface area contributed by atoms with E-state index in [0.717, 1.165) is 37.4 Å². The molecule has 2 aromatic carbocycles. The summed E-state index contributed by atoms with van der Waals surface area (Å²) in [5, 5.41) is 0.119. The maximum atomic E-state index is 13.0. The Morgan fingerprint density at radius 2 is 1.73 bits per heavy atom. The lowest BCUT2D eigenvalue weighted by molar-refractivity contribution is -0.133. The zero-order valence-electron chi connectivity index (χ0n) is 17.0. The molecule has 2 bridgehead atoms. The van der Waals surface area contributed by atoms with Crippen molar-refractivity contribution in [3.8, 4) is 5.75 Å². The first-order valence-electron chi connectivity index (χ1n) is 10.3. The molecule has 7 heteroatoms. The minimum absolute atomic E-state index is 0.0964. The number of carbonyl (C=O) groups is 2. The zero-order valence-corrected chi connectivity index (χ0v) is 17.9. The van der Waals surface area contributed by atoms with Crippen molar-refractivity contribution >= 4 is 23.6 Å². The Kier molecular flexibility index (Phi) is 6.59. The number of piperidine rings is 3. The highest BCUT2D eigenvalue weighted by Gasteiger charge is 2.46. The van der Waals surface area contributed by atoms with Crippen LogP contribution in [0.2, 0.25) is 0 Å². The van der Waals surface area contributed by atoms with Crippen LogP contribution in [0.25, 0.3) is 0 Å². The molecule has 3 heterocycles.